The van der Waals surface area contributed by atoms with Gasteiger partial charge in [0.15, 0.2) is 0 Å². The summed E-state index contributed by atoms with van der Waals surface area (Å²) in [5, 5.41) is 0. The molecule has 1 aliphatic rings. The molecule has 20 heavy (non-hydrogen) atoms. The Bertz CT molecular complexity index is 577. The van der Waals surface area contributed by atoms with Crippen molar-refractivity contribution < 1.29 is 13.2 Å². The average Bonchev–Trinajstić information content (AvgIpc) is 2.86. The zero-order chi connectivity index (χ0) is 14.8. The highest BCUT2D eigenvalue weighted by Gasteiger charge is 2.24. The van der Waals surface area contributed by atoms with Crippen LogP contribution < -0.4 is 4.90 Å². The van der Waals surface area contributed by atoms with Crippen molar-refractivity contribution in [2.45, 2.75) is 31.6 Å². The first-order chi connectivity index (χ1) is 9.50. The average molecular weight is 296 g/mol. The molecule has 2 rings (SSSR count). The van der Waals surface area contributed by atoms with E-state index in [0.29, 0.717) is 26.1 Å². The van der Waals surface area contributed by atoms with Crippen LogP contribution in [0.5, 0.6) is 0 Å². The van der Waals surface area contributed by atoms with E-state index >= 15 is 0 Å². The van der Waals surface area contributed by atoms with Crippen LogP contribution in [0.25, 0.3) is 0 Å². The summed E-state index contributed by atoms with van der Waals surface area (Å²) in [6.45, 7) is 5.24. The Hall–Kier alpha value is -1.40. The standard InChI is InChI=1S/C14H20N2O3S/c1-3-15(4-2)20(18,19)13-9-7-12(8-10-13)16-11-5-6-14(16)17/h7-10H,3-6,11H2,1-2H3. The minimum Gasteiger partial charge on any atom is -0.312 e. The summed E-state index contributed by atoms with van der Waals surface area (Å²) in [7, 11) is -3.43. The van der Waals surface area contributed by atoms with Crippen LogP contribution >= 0.6 is 0 Å². The zero-order valence-electron chi connectivity index (χ0n) is 11.9. The lowest BCUT2D eigenvalue weighted by molar-refractivity contribution is -0.117. The van der Waals surface area contributed by atoms with Crippen molar-refractivity contribution in [3.63, 3.8) is 0 Å². The van der Waals surface area contributed by atoms with Gasteiger partial charge >= 0.3 is 0 Å². The monoisotopic (exact) mass is 296 g/mol. The van der Waals surface area contributed by atoms with Crippen LogP contribution in [-0.2, 0) is 14.8 Å². The summed E-state index contributed by atoms with van der Waals surface area (Å²) in [6, 6.07) is 6.57. The highest BCUT2D eigenvalue weighted by molar-refractivity contribution is 7.89. The Labute approximate surface area is 120 Å². The third-order valence-electron chi connectivity index (χ3n) is 3.57. The maximum Gasteiger partial charge on any atom is 0.243 e. The van der Waals surface area contributed by atoms with Gasteiger partial charge in [-0.1, -0.05) is 13.8 Å². The normalized spacial score (nSPS) is 16.1. The van der Waals surface area contributed by atoms with Crippen LogP contribution in [0.2, 0.25) is 0 Å². The summed E-state index contributed by atoms with van der Waals surface area (Å²) < 4.78 is 26.1. The van der Waals surface area contributed by atoms with E-state index in [1.54, 1.807) is 29.2 Å². The van der Waals surface area contributed by atoms with Gasteiger partial charge < -0.3 is 4.90 Å². The molecule has 110 valence electrons. The largest absolute Gasteiger partial charge is 0.312 e. The smallest absolute Gasteiger partial charge is 0.243 e. The molecule has 1 fully saturated rings. The Morgan fingerprint density at radius 2 is 1.75 bits per heavy atom. The highest BCUT2D eigenvalue weighted by atomic mass is 32.2. The molecule has 1 amide bonds. The molecule has 1 saturated heterocycles. The van der Waals surface area contributed by atoms with Crippen LogP contribution in [0.4, 0.5) is 5.69 Å². The first-order valence-electron chi connectivity index (χ1n) is 6.91. The van der Waals surface area contributed by atoms with E-state index in [-0.39, 0.29) is 10.8 Å². The summed E-state index contributed by atoms with van der Waals surface area (Å²) in [4.78, 5) is 13.6. The van der Waals surface area contributed by atoms with Gasteiger partial charge in [0.2, 0.25) is 15.9 Å². The maximum atomic E-state index is 12.3. The van der Waals surface area contributed by atoms with E-state index in [1.807, 2.05) is 13.8 Å². The van der Waals surface area contributed by atoms with Crippen molar-refractivity contribution >= 4 is 21.6 Å². The topological polar surface area (TPSA) is 57.7 Å². The molecule has 0 N–H and O–H groups in total. The van der Waals surface area contributed by atoms with Gasteiger partial charge in [0.05, 0.1) is 4.90 Å². The van der Waals surface area contributed by atoms with Gasteiger partial charge in [-0.3, -0.25) is 4.79 Å². The Morgan fingerprint density at radius 3 is 2.20 bits per heavy atom. The molecule has 0 unspecified atom stereocenters. The number of nitrogens with zero attached hydrogens (tertiary/aromatic N) is 2. The molecular formula is C14H20N2O3S. The van der Waals surface area contributed by atoms with Gasteiger partial charge in [0.1, 0.15) is 0 Å². The molecule has 6 heteroatoms. The molecule has 0 spiro atoms. The van der Waals surface area contributed by atoms with E-state index < -0.39 is 10.0 Å². The van der Waals surface area contributed by atoms with Gasteiger partial charge in [-0.2, -0.15) is 4.31 Å². The van der Waals surface area contributed by atoms with Crippen molar-refractivity contribution in [2.75, 3.05) is 24.5 Å². The van der Waals surface area contributed by atoms with Gasteiger partial charge in [-0.15, -0.1) is 0 Å². The molecule has 1 aromatic rings. The molecule has 1 aromatic carbocycles. The summed E-state index contributed by atoms with van der Waals surface area (Å²) in [5.41, 5.74) is 0.769. The quantitative estimate of drug-likeness (QED) is 0.833. The second-order valence-corrected chi connectivity index (χ2v) is 6.67. The predicted molar refractivity (Wildman–Crippen MR) is 78.1 cm³/mol. The van der Waals surface area contributed by atoms with Crippen LogP contribution in [0, 0.1) is 0 Å². The number of carbonyl (C=O) groups is 1. The SMILES string of the molecule is CCN(CC)S(=O)(=O)c1ccc(N2CCCC2=O)cc1. The first kappa shape index (κ1) is 15.0. The summed E-state index contributed by atoms with van der Waals surface area (Å²) in [6.07, 6.45) is 1.43. The zero-order valence-corrected chi connectivity index (χ0v) is 12.7. The van der Waals surface area contributed by atoms with Crippen molar-refractivity contribution in [3.05, 3.63) is 24.3 Å². The Kier molecular flexibility index (Phi) is 4.45. The molecule has 0 saturated carbocycles. The lowest BCUT2D eigenvalue weighted by atomic mass is 10.3. The molecule has 1 aliphatic heterocycles. The van der Waals surface area contributed by atoms with Crippen molar-refractivity contribution in [1.29, 1.82) is 0 Å². The second-order valence-electron chi connectivity index (χ2n) is 4.73. The van der Waals surface area contributed by atoms with Crippen LogP contribution in [0.3, 0.4) is 0 Å². The number of benzene rings is 1. The van der Waals surface area contributed by atoms with Gasteiger partial charge in [0.25, 0.3) is 0 Å². The van der Waals surface area contributed by atoms with Crippen molar-refractivity contribution in [2.24, 2.45) is 0 Å². The maximum absolute atomic E-state index is 12.3. The second kappa shape index (κ2) is 5.93. The van der Waals surface area contributed by atoms with Gasteiger partial charge in [-0.05, 0) is 30.7 Å². The molecular weight excluding hydrogens is 276 g/mol. The Morgan fingerprint density at radius 1 is 1.15 bits per heavy atom. The van der Waals surface area contributed by atoms with Crippen molar-refractivity contribution in [3.8, 4) is 0 Å². The van der Waals surface area contributed by atoms with E-state index in [2.05, 4.69) is 0 Å². The first-order valence-corrected chi connectivity index (χ1v) is 8.35. The van der Waals surface area contributed by atoms with Gasteiger partial charge in [-0.25, -0.2) is 8.42 Å². The molecule has 0 aromatic heterocycles. The number of anilines is 1. The molecule has 5 nitrogen and oxygen atoms in total. The predicted octanol–water partition coefficient (Wildman–Crippen LogP) is 1.84. The fourth-order valence-electron chi connectivity index (χ4n) is 2.43. The van der Waals surface area contributed by atoms with E-state index in [4.69, 9.17) is 0 Å². The van der Waals surface area contributed by atoms with Gasteiger partial charge in [0, 0.05) is 31.7 Å². The molecule has 0 atom stereocenters. The molecule has 0 bridgehead atoms. The third-order valence-corrected chi connectivity index (χ3v) is 5.63. The lowest BCUT2D eigenvalue weighted by Crippen LogP contribution is -2.30. The highest BCUT2D eigenvalue weighted by Crippen LogP contribution is 2.24. The van der Waals surface area contributed by atoms with Crippen molar-refractivity contribution in [1.82, 2.24) is 4.31 Å². The fourth-order valence-corrected chi connectivity index (χ4v) is 3.89. The number of sulfonamides is 1. The lowest BCUT2D eigenvalue weighted by Gasteiger charge is -2.20. The number of carbonyl (C=O) groups excluding carboxylic acids is 1. The number of hydrogen-bond donors (Lipinski definition) is 0. The number of amides is 1. The van der Waals surface area contributed by atoms with E-state index in [9.17, 15) is 13.2 Å². The number of rotatable bonds is 5. The summed E-state index contributed by atoms with van der Waals surface area (Å²) in [5.74, 6) is 0.101. The minimum absolute atomic E-state index is 0.101. The fraction of sp³-hybridized carbons (Fsp3) is 0.500. The van der Waals surface area contributed by atoms with Crippen LogP contribution in [-0.4, -0.2) is 38.3 Å². The van der Waals surface area contributed by atoms with E-state index in [0.717, 1.165) is 12.1 Å². The number of hydrogen-bond acceptors (Lipinski definition) is 3. The summed E-state index contributed by atoms with van der Waals surface area (Å²) >= 11 is 0. The van der Waals surface area contributed by atoms with Crippen LogP contribution in [0.15, 0.2) is 29.2 Å². The molecule has 0 aliphatic carbocycles. The molecule has 1 heterocycles. The minimum atomic E-state index is -3.43. The van der Waals surface area contributed by atoms with Crippen LogP contribution in [0.1, 0.15) is 26.7 Å². The Balaban J connectivity index is 2.26. The third kappa shape index (κ3) is 2.71. The van der Waals surface area contributed by atoms with E-state index in [1.165, 1.54) is 4.31 Å². The molecule has 0 radical (unpaired) electrons.